The van der Waals surface area contributed by atoms with Gasteiger partial charge in [0.05, 0.1) is 0 Å². The number of rotatable bonds is 1. The zero-order valence-corrected chi connectivity index (χ0v) is 8.96. The van der Waals surface area contributed by atoms with Gasteiger partial charge in [0, 0.05) is 25.0 Å². The van der Waals surface area contributed by atoms with E-state index in [1.165, 1.54) is 12.8 Å². The molecule has 0 aromatic heterocycles. The maximum absolute atomic E-state index is 12.0. The molecule has 0 aromatic rings. The first-order valence-corrected chi connectivity index (χ1v) is 5.79. The van der Waals surface area contributed by atoms with Gasteiger partial charge in [0.15, 0.2) is 0 Å². The van der Waals surface area contributed by atoms with E-state index in [-0.39, 0.29) is 0 Å². The van der Waals surface area contributed by atoms with E-state index in [0.29, 0.717) is 17.9 Å². The molecule has 3 heteroatoms. The molecule has 0 aliphatic carbocycles. The molecule has 2 aliphatic rings. The SMILES string of the molecule is C[C@H]1C[C@@H](C(=O)N2CCCC2)CCN1. The zero-order valence-electron chi connectivity index (χ0n) is 8.96. The Kier molecular flexibility index (Phi) is 3.06. The summed E-state index contributed by atoms with van der Waals surface area (Å²) in [6, 6.07) is 0.514. The lowest BCUT2D eigenvalue weighted by Gasteiger charge is -2.30. The van der Waals surface area contributed by atoms with Gasteiger partial charge in [-0.05, 0) is 39.2 Å². The van der Waals surface area contributed by atoms with Gasteiger partial charge in [0.1, 0.15) is 0 Å². The van der Waals surface area contributed by atoms with Gasteiger partial charge in [-0.1, -0.05) is 0 Å². The van der Waals surface area contributed by atoms with Crippen LogP contribution in [0.4, 0.5) is 0 Å². The van der Waals surface area contributed by atoms with E-state index in [4.69, 9.17) is 0 Å². The van der Waals surface area contributed by atoms with Crippen LogP contribution in [0.1, 0.15) is 32.6 Å². The zero-order chi connectivity index (χ0) is 9.97. The van der Waals surface area contributed by atoms with Crippen LogP contribution in [0.15, 0.2) is 0 Å². The fraction of sp³-hybridized carbons (Fsp3) is 0.909. The summed E-state index contributed by atoms with van der Waals surface area (Å²) in [6.45, 7) is 5.17. The Morgan fingerprint density at radius 2 is 2.07 bits per heavy atom. The second kappa shape index (κ2) is 4.30. The summed E-state index contributed by atoms with van der Waals surface area (Å²) < 4.78 is 0. The summed E-state index contributed by atoms with van der Waals surface area (Å²) in [5.74, 6) is 0.709. The minimum absolute atomic E-state index is 0.296. The molecule has 0 saturated carbocycles. The van der Waals surface area contributed by atoms with Gasteiger partial charge >= 0.3 is 0 Å². The first-order valence-electron chi connectivity index (χ1n) is 5.79. The molecule has 1 N–H and O–H groups in total. The fourth-order valence-electron chi connectivity index (χ4n) is 2.55. The topological polar surface area (TPSA) is 32.3 Å². The number of carbonyl (C=O) groups excluding carboxylic acids is 1. The van der Waals surface area contributed by atoms with Crippen LogP contribution in [0.25, 0.3) is 0 Å². The lowest BCUT2D eigenvalue weighted by Crippen LogP contribution is -2.43. The minimum atomic E-state index is 0.296. The van der Waals surface area contributed by atoms with Crippen molar-refractivity contribution in [3.05, 3.63) is 0 Å². The van der Waals surface area contributed by atoms with Gasteiger partial charge in [-0.2, -0.15) is 0 Å². The van der Waals surface area contributed by atoms with Crippen molar-refractivity contribution in [1.29, 1.82) is 0 Å². The summed E-state index contributed by atoms with van der Waals surface area (Å²) >= 11 is 0. The van der Waals surface area contributed by atoms with Gasteiger partial charge < -0.3 is 10.2 Å². The third-order valence-corrected chi connectivity index (χ3v) is 3.39. The van der Waals surface area contributed by atoms with Crippen LogP contribution in [-0.2, 0) is 4.79 Å². The highest BCUT2D eigenvalue weighted by molar-refractivity contribution is 5.79. The van der Waals surface area contributed by atoms with E-state index in [0.717, 1.165) is 32.5 Å². The number of carbonyl (C=O) groups is 1. The lowest BCUT2D eigenvalue weighted by atomic mass is 9.92. The molecule has 0 spiro atoms. The largest absolute Gasteiger partial charge is 0.342 e. The smallest absolute Gasteiger partial charge is 0.225 e. The third-order valence-electron chi connectivity index (χ3n) is 3.39. The van der Waals surface area contributed by atoms with E-state index in [9.17, 15) is 4.79 Å². The average Bonchev–Trinajstić information content (AvgIpc) is 2.69. The van der Waals surface area contributed by atoms with Gasteiger partial charge in [-0.15, -0.1) is 0 Å². The second-order valence-corrected chi connectivity index (χ2v) is 4.61. The molecular weight excluding hydrogens is 176 g/mol. The van der Waals surface area contributed by atoms with Crippen molar-refractivity contribution in [1.82, 2.24) is 10.2 Å². The van der Waals surface area contributed by atoms with Crippen LogP contribution in [0.2, 0.25) is 0 Å². The van der Waals surface area contributed by atoms with Gasteiger partial charge in [-0.25, -0.2) is 0 Å². The first kappa shape index (κ1) is 9.97. The molecule has 0 bridgehead atoms. The molecule has 2 fully saturated rings. The first-order chi connectivity index (χ1) is 6.77. The molecule has 2 rings (SSSR count). The van der Waals surface area contributed by atoms with Crippen LogP contribution < -0.4 is 5.32 Å². The van der Waals surface area contributed by atoms with Crippen LogP contribution in [-0.4, -0.2) is 36.5 Å². The predicted molar refractivity (Wildman–Crippen MR) is 56.0 cm³/mol. The Labute approximate surface area is 85.8 Å². The molecule has 2 saturated heterocycles. The Hall–Kier alpha value is -0.570. The Bertz CT molecular complexity index is 211. The van der Waals surface area contributed by atoms with Crippen molar-refractivity contribution in [2.45, 2.75) is 38.6 Å². The number of likely N-dealkylation sites (tertiary alicyclic amines) is 1. The molecule has 80 valence electrons. The van der Waals surface area contributed by atoms with Crippen molar-refractivity contribution in [2.75, 3.05) is 19.6 Å². The quantitative estimate of drug-likeness (QED) is 0.678. The normalized spacial score (nSPS) is 33.4. The molecule has 2 heterocycles. The summed E-state index contributed by atoms with van der Waals surface area (Å²) in [5.41, 5.74) is 0. The Morgan fingerprint density at radius 3 is 2.71 bits per heavy atom. The fourth-order valence-corrected chi connectivity index (χ4v) is 2.55. The molecule has 0 aromatic carbocycles. The highest BCUT2D eigenvalue weighted by Crippen LogP contribution is 2.21. The summed E-state index contributed by atoms with van der Waals surface area (Å²) in [7, 11) is 0. The molecule has 3 nitrogen and oxygen atoms in total. The standard InChI is InChI=1S/C11H20N2O/c1-9-8-10(4-5-12-9)11(14)13-6-2-3-7-13/h9-10,12H,2-8H2,1H3/t9-,10-/m0/s1. The predicted octanol–water partition coefficient (Wildman–Crippen LogP) is 0.997. The van der Waals surface area contributed by atoms with Crippen molar-refractivity contribution in [2.24, 2.45) is 5.92 Å². The maximum atomic E-state index is 12.0. The van der Waals surface area contributed by atoms with E-state index < -0.39 is 0 Å². The van der Waals surface area contributed by atoms with Crippen molar-refractivity contribution < 1.29 is 4.79 Å². The summed E-state index contributed by atoms with van der Waals surface area (Å²) in [4.78, 5) is 14.1. The van der Waals surface area contributed by atoms with E-state index in [1.54, 1.807) is 0 Å². The van der Waals surface area contributed by atoms with Crippen molar-refractivity contribution >= 4 is 5.91 Å². The second-order valence-electron chi connectivity index (χ2n) is 4.61. The maximum Gasteiger partial charge on any atom is 0.225 e. The number of nitrogens with zero attached hydrogens (tertiary/aromatic N) is 1. The molecule has 2 aliphatic heterocycles. The molecule has 2 atom stereocenters. The van der Waals surface area contributed by atoms with E-state index in [2.05, 4.69) is 17.1 Å². The number of hydrogen-bond acceptors (Lipinski definition) is 2. The highest BCUT2D eigenvalue weighted by Gasteiger charge is 2.29. The van der Waals surface area contributed by atoms with Crippen LogP contribution in [0, 0.1) is 5.92 Å². The third kappa shape index (κ3) is 2.08. The highest BCUT2D eigenvalue weighted by atomic mass is 16.2. The van der Waals surface area contributed by atoms with E-state index >= 15 is 0 Å². The summed E-state index contributed by atoms with van der Waals surface area (Å²) in [5, 5.41) is 3.39. The Morgan fingerprint density at radius 1 is 1.36 bits per heavy atom. The van der Waals surface area contributed by atoms with Gasteiger partial charge in [0.2, 0.25) is 5.91 Å². The lowest BCUT2D eigenvalue weighted by molar-refractivity contribution is -0.135. The monoisotopic (exact) mass is 196 g/mol. The number of piperidine rings is 1. The van der Waals surface area contributed by atoms with Crippen LogP contribution in [0.5, 0.6) is 0 Å². The van der Waals surface area contributed by atoms with Gasteiger partial charge in [-0.3, -0.25) is 4.79 Å². The minimum Gasteiger partial charge on any atom is -0.342 e. The average molecular weight is 196 g/mol. The number of nitrogens with one attached hydrogen (secondary N) is 1. The molecule has 14 heavy (non-hydrogen) atoms. The summed E-state index contributed by atoms with van der Waals surface area (Å²) in [6.07, 6.45) is 4.45. The van der Waals surface area contributed by atoms with Gasteiger partial charge in [0.25, 0.3) is 0 Å². The van der Waals surface area contributed by atoms with Crippen molar-refractivity contribution in [3.63, 3.8) is 0 Å². The Balaban J connectivity index is 1.89. The van der Waals surface area contributed by atoms with Crippen LogP contribution in [0.3, 0.4) is 0 Å². The number of amides is 1. The van der Waals surface area contributed by atoms with Crippen LogP contribution >= 0.6 is 0 Å². The van der Waals surface area contributed by atoms with E-state index in [1.807, 2.05) is 0 Å². The number of hydrogen-bond donors (Lipinski definition) is 1. The molecular formula is C11H20N2O. The molecule has 0 unspecified atom stereocenters. The molecule has 0 radical (unpaired) electrons. The molecule has 1 amide bonds. The van der Waals surface area contributed by atoms with Crippen molar-refractivity contribution in [3.8, 4) is 0 Å².